The maximum Gasteiger partial charge on any atom is 0.232 e. The monoisotopic (exact) mass is 207 g/mol. The van der Waals surface area contributed by atoms with Crippen molar-refractivity contribution in [3.05, 3.63) is 18.1 Å². The maximum atomic E-state index is 5.35. The van der Waals surface area contributed by atoms with E-state index in [0.717, 1.165) is 18.7 Å². The SMILES string of the molecule is CCCOc1cnc(CNC2CC2)cn1. The van der Waals surface area contributed by atoms with Gasteiger partial charge in [0.15, 0.2) is 0 Å². The van der Waals surface area contributed by atoms with E-state index in [2.05, 4.69) is 22.2 Å². The molecule has 0 amide bonds. The molecule has 0 unspecified atom stereocenters. The van der Waals surface area contributed by atoms with Crippen molar-refractivity contribution in [1.29, 1.82) is 0 Å². The van der Waals surface area contributed by atoms with Gasteiger partial charge in [0, 0.05) is 12.6 Å². The Kier molecular flexibility index (Phi) is 3.50. The van der Waals surface area contributed by atoms with Crippen molar-refractivity contribution >= 4 is 0 Å². The summed E-state index contributed by atoms with van der Waals surface area (Å²) in [7, 11) is 0. The van der Waals surface area contributed by atoms with Crippen LogP contribution in [0.5, 0.6) is 5.88 Å². The van der Waals surface area contributed by atoms with Crippen molar-refractivity contribution in [3.63, 3.8) is 0 Å². The first-order valence-electron chi connectivity index (χ1n) is 5.55. The molecule has 82 valence electrons. The topological polar surface area (TPSA) is 47.0 Å². The third kappa shape index (κ3) is 3.47. The van der Waals surface area contributed by atoms with Gasteiger partial charge >= 0.3 is 0 Å². The van der Waals surface area contributed by atoms with Crippen LogP contribution >= 0.6 is 0 Å². The fraction of sp³-hybridized carbons (Fsp3) is 0.636. The van der Waals surface area contributed by atoms with Gasteiger partial charge in [0.1, 0.15) is 0 Å². The molecule has 0 radical (unpaired) electrons. The van der Waals surface area contributed by atoms with E-state index in [1.54, 1.807) is 12.4 Å². The number of nitrogens with one attached hydrogen (secondary N) is 1. The number of ether oxygens (including phenoxy) is 1. The van der Waals surface area contributed by atoms with Crippen molar-refractivity contribution in [1.82, 2.24) is 15.3 Å². The summed E-state index contributed by atoms with van der Waals surface area (Å²) in [6, 6.07) is 0.711. The highest BCUT2D eigenvalue weighted by Gasteiger charge is 2.20. The smallest absolute Gasteiger partial charge is 0.232 e. The summed E-state index contributed by atoms with van der Waals surface area (Å²) in [6.07, 6.45) is 7.06. The summed E-state index contributed by atoms with van der Waals surface area (Å²) >= 11 is 0. The molecule has 1 aromatic heterocycles. The van der Waals surface area contributed by atoms with Crippen molar-refractivity contribution in [2.24, 2.45) is 0 Å². The van der Waals surface area contributed by atoms with Gasteiger partial charge in [0.25, 0.3) is 0 Å². The average molecular weight is 207 g/mol. The summed E-state index contributed by atoms with van der Waals surface area (Å²) in [6.45, 7) is 3.58. The molecule has 0 saturated heterocycles. The molecule has 0 spiro atoms. The molecule has 0 atom stereocenters. The largest absolute Gasteiger partial charge is 0.477 e. The van der Waals surface area contributed by atoms with E-state index in [1.807, 2.05) is 0 Å². The van der Waals surface area contributed by atoms with E-state index >= 15 is 0 Å². The van der Waals surface area contributed by atoms with Gasteiger partial charge in [0.2, 0.25) is 5.88 Å². The molecule has 0 aliphatic heterocycles. The molecule has 1 fully saturated rings. The zero-order valence-electron chi connectivity index (χ0n) is 9.07. The van der Waals surface area contributed by atoms with Crippen LogP contribution in [-0.4, -0.2) is 22.6 Å². The lowest BCUT2D eigenvalue weighted by Gasteiger charge is -2.04. The first-order chi connectivity index (χ1) is 7.38. The van der Waals surface area contributed by atoms with Crippen LogP contribution in [0.3, 0.4) is 0 Å². The Morgan fingerprint density at radius 1 is 1.40 bits per heavy atom. The quantitative estimate of drug-likeness (QED) is 0.768. The van der Waals surface area contributed by atoms with E-state index in [0.29, 0.717) is 18.5 Å². The van der Waals surface area contributed by atoms with Crippen LogP contribution in [0.25, 0.3) is 0 Å². The van der Waals surface area contributed by atoms with E-state index in [1.165, 1.54) is 12.8 Å². The molecule has 1 aliphatic carbocycles. The minimum absolute atomic E-state index is 0.618. The van der Waals surface area contributed by atoms with Crippen LogP contribution in [0.4, 0.5) is 0 Å². The van der Waals surface area contributed by atoms with E-state index in [-0.39, 0.29) is 0 Å². The van der Waals surface area contributed by atoms with Gasteiger partial charge in [0.05, 0.1) is 24.7 Å². The number of hydrogen-bond donors (Lipinski definition) is 1. The summed E-state index contributed by atoms with van der Waals surface area (Å²) in [4.78, 5) is 8.47. The van der Waals surface area contributed by atoms with E-state index in [9.17, 15) is 0 Å². The molecule has 4 nitrogen and oxygen atoms in total. The summed E-state index contributed by atoms with van der Waals surface area (Å²) in [5.74, 6) is 0.618. The van der Waals surface area contributed by atoms with Crippen LogP contribution in [0.1, 0.15) is 31.9 Å². The third-order valence-corrected chi connectivity index (χ3v) is 2.28. The van der Waals surface area contributed by atoms with Crippen LogP contribution in [0.15, 0.2) is 12.4 Å². The molecule has 0 aromatic carbocycles. The molecule has 1 aliphatic rings. The normalized spacial score (nSPS) is 15.3. The molecule has 0 bridgehead atoms. The second-order valence-electron chi connectivity index (χ2n) is 3.85. The zero-order chi connectivity index (χ0) is 10.5. The van der Waals surface area contributed by atoms with Gasteiger partial charge < -0.3 is 10.1 Å². The number of aromatic nitrogens is 2. The predicted molar refractivity (Wildman–Crippen MR) is 57.7 cm³/mol. The van der Waals surface area contributed by atoms with E-state index < -0.39 is 0 Å². The van der Waals surface area contributed by atoms with Crippen molar-refractivity contribution < 1.29 is 4.74 Å². The molecular weight excluding hydrogens is 190 g/mol. The Bertz CT molecular complexity index is 295. The van der Waals surface area contributed by atoms with Crippen LogP contribution in [0.2, 0.25) is 0 Å². The summed E-state index contributed by atoms with van der Waals surface area (Å²) < 4.78 is 5.35. The lowest BCUT2D eigenvalue weighted by atomic mass is 10.4. The second-order valence-corrected chi connectivity index (χ2v) is 3.85. The Morgan fingerprint density at radius 3 is 2.87 bits per heavy atom. The standard InChI is InChI=1S/C11H17N3O/c1-2-5-15-11-8-13-10(7-14-11)6-12-9-3-4-9/h7-9,12H,2-6H2,1H3. The molecule has 1 saturated carbocycles. The first kappa shape index (κ1) is 10.4. The highest BCUT2D eigenvalue weighted by molar-refractivity contribution is 5.07. The van der Waals surface area contributed by atoms with Gasteiger partial charge in [-0.15, -0.1) is 0 Å². The lowest BCUT2D eigenvalue weighted by Crippen LogP contribution is -2.16. The van der Waals surface area contributed by atoms with Crippen molar-refractivity contribution in [2.75, 3.05) is 6.61 Å². The van der Waals surface area contributed by atoms with Crippen molar-refractivity contribution in [3.8, 4) is 5.88 Å². The van der Waals surface area contributed by atoms with Gasteiger partial charge in [-0.05, 0) is 19.3 Å². The second kappa shape index (κ2) is 5.07. The summed E-state index contributed by atoms with van der Waals surface area (Å²) in [5.41, 5.74) is 0.978. The fourth-order valence-corrected chi connectivity index (χ4v) is 1.25. The first-order valence-corrected chi connectivity index (χ1v) is 5.55. The molecule has 1 N–H and O–H groups in total. The number of rotatable bonds is 6. The van der Waals surface area contributed by atoms with Crippen LogP contribution < -0.4 is 10.1 Å². The zero-order valence-corrected chi connectivity index (χ0v) is 9.07. The Hall–Kier alpha value is -1.16. The van der Waals surface area contributed by atoms with Gasteiger partial charge in [-0.3, -0.25) is 4.98 Å². The Morgan fingerprint density at radius 2 is 2.27 bits per heavy atom. The molecule has 4 heteroatoms. The van der Waals surface area contributed by atoms with Crippen molar-refractivity contribution in [2.45, 2.75) is 38.8 Å². The van der Waals surface area contributed by atoms with E-state index in [4.69, 9.17) is 4.74 Å². The van der Waals surface area contributed by atoms with Gasteiger partial charge in [-0.25, -0.2) is 4.98 Å². The molecule has 15 heavy (non-hydrogen) atoms. The van der Waals surface area contributed by atoms with Crippen LogP contribution in [-0.2, 0) is 6.54 Å². The molecular formula is C11H17N3O. The Labute approximate surface area is 90.1 Å². The van der Waals surface area contributed by atoms with Crippen LogP contribution in [0, 0.1) is 0 Å². The highest BCUT2D eigenvalue weighted by Crippen LogP contribution is 2.18. The third-order valence-electron chi connectivity index (χ3n) is 2.28. The maximum absolute atomic E-state index is 5.35. The lowest BCUT2D eigenvalue weighted by molar-refractivity contribution is 0.303. The Balaban J connectivity index is 1.79. The summed E-state index contributed by atoms with van der Waals surface area (Å²) in [5, 5.41) is 3.39. The molecule has 1 aromatic rings. The van der Waals surface area contributed by atoms with Gasteiger partial charge in [-0.1, -0.05) is 6.92 Å². The fourth-order valence-electron chi connectivity index (χ4n) is 1.25. The minimum Gasteiger partial charge on any atom is -0.477 e. The minimum atomic E-state index is 0.618. The number of nitrogens with zero attached hydrogens (tertiary/aromatic N) is 2. The molecule has 1 heterocycles. The average Bonchev–Trinajstić information content (AvgIpc) is 3.09. The predicted octanol–water partition coefficient (Wildman–Crippen LogP) is 1.52. The highest BCUT2D eigenvalue weighted by atomic mass is 16.5. The van der Waals surface area contributed by atoms with Gasteiger partial charge in [-0.2, -0.15) is 0 Å². The molecule has 2 rings (SSSR count). The number of hydrogen-bond acceptors (Lipinski definition) is 4.